The SMILES string of the molecule is Cc1c(C)c(CBr)c(C)c(C)c1CBr. The molecule has 0 aliphatic carbocycles. The molecule has 14 heavy (non-hydrogen) atoms. The van der Waals surface area contributed by atoms with Gasteiger partial charge in [0.25, 0.3) is 0 Å². The first-order valence-corrected chi connectivity index (χ1v) is 6.98. The number of alkyl halides is 2. The molecule has 1 aromatic carbocycles. The third kappa shape index (κ3) is 1.92. The van der Waals surface area contributed by atoms with Gasteiger partial charge in [-0.15, -0.1) is 0 Å². The molecule has 0 saturated carbocycles. The molecule has 2 heteroatoms. The minimum Gasteiger partial charge on any atom is -0.0876 e. The highest BCUT2D eigenvalue weighted by Gasteiger charge is 2.12. The fourth-order valence-corrected chi connectivity index (χ4v) is 3.55. The second kappa shape index (κ2) is 4.80. The van der Waals surface area contributed by atoms with Crippen molar-refractivity contribution in [2.24, 2.45) is 0 Å². The summed E-state index contributed by atoms with van der Waals surface area (Å²) >= 11 is 7.12. The molecule has 0 radical (unpaired) electrons. The molecule has 0 nitrogen and oxygen atoms in total. The van der Waals surface area contributed by atoms with Gasteiger partial charge in [-0.2, -0.15) is 0 Å². The Morgan fingerprint density at radius 2 is 0.857 bits per heavy atom. The first-order valence-electron chi connectivity index (χ1n) is 4.74. The zero-order valence-corrected chi connectivity index (χ0v) is 12.3. The van der Waals surface area contributed by atoms with Crippen molar-refractivity contribution in [3.8, 4) is 0 Å². The van der Waals surface area contributed by atoms with Crippen LogP contribution in [0, 0.1) is 27.7 Å². The van der Waals surface area contributed by atoms with Gasteiger partial charge < -0.3 is 0 Å². The zero-order chi connectivity index (χ0) is 10.9. The van der Waals surface area contributed by atoms with E-state index in [0.29, 0.717) is 0 Å². The van der Waals surface area contributed by atoms with E-state index in [1.54, 1.807) is 0 Å². The summed E-state index contributed by atoms with van der Waals surface area (Å²) in [5, 5.41) is 1.91. The average molecular weight is 320 g/mol. The second-order valence-corrected chi connectivity index (χ2v) is 4.85. The van der Waals surface area contributed by atoms with E-state index >= 15 is 0 Å². The van der Waals surface area contributed by atoms with Gasteiger partial charge in [-0.3, -0.25) is 0 Å². The van der Waals surface area contributed by atoms with Crippen LogP contribution in [0.15, 0.2) is 0 Å². The van der Waals surface area contributed by atoms with Gasteiger partial charge in [-0.05, 0) is 61.1 Å². The van der Waals surface area contributed by atoms with Crippen molar-refractivity contribution >= 4 is 31.9 Å². The zero-order valence-electron chi connectivity index (χ0n) is 9.17. The molecule has 1 aromatic rings. The van der Waals surface area contributed by atoms with E-state index < -0.39 is 0 Å². The monoisotopic (exact) mass is 318 g/mol. The summed E-state index contributed by atoms with van der Waals surface area (Å²) in [7, 11) is 0. The highest BCUT2D eigenvalue weighted by atomic mass is 79.9. The van der Waals surface area contributed by atoms with E-state index in [1.807, 2.05) is 0 Å². The predicted octanol–water partition coefficient (Wildman–Crippen LogP) is 4.71. The molecule has 1 rings (SSSR count). The Morgan fingerprint density at radius 3 is 1.00 bits per heavy atom. The lowest BCUT2D eigenvalue weighted by molar-refractivity contribution is 1.12. The lowest BCUT2D eigenvalue weighted by Gasteiger charge is -2.18. The molecule has 0 amide bonds. The number of halogens is 2. The van der Waals surface area contributed by atoms with E-state index in [9.17, 15) is 0 Å². The predicted molar refractivity (Wildman–Crippen MR) is 70.7 cm³/mol. The van der Waals surface area contributed by atoms with Gasteiger partial charge in [0.2, 0.25) is 0 Å². The molecule has 0 saturated heterocycles. The second-order valence-electron chi connectivity index (χ2n) is 3.72. The van der Waals surface area contributed by atoms with Crippen LogP contribution in [0.5, 0.6) is 0 Å². The molecule has 0 aliphatic rings. The van der Waals surface area contributed by atoms with Crippen molar-refractivity contribution in [3.63, 3.8) is 0 Å². The minimum atomic E-state index is 0.953. The Balaban J connectivity index is 3.55. The summed E-state index contributed by atoms with van der Waals surface area (Å²) in [6.07, 6.45) is 0. The van der Waals surface area contributed by atoms with Crippen LogP contribution in [-0.4, -0.2) is 0 Å². The van der Waals surface area contributed by atoms with Crippen molar-refractivity contribution < 1.29 is 0 Å². The summed E-state index contributed by atoms with van der Waals surface area (Å²) in [4.78, 5) is 0. The van der Waals surface area contributed by atoms with Crippen LogP contribution in [-0.2, 0) is 10.7 Å². The first kappa shape index (κ1) is 12.3. The summed E-state index contributed by atoms with van der Waals surface area (Å²) < 4.78 is 0. The standard InChI is InChI=1S/C12H16Br2/c1-7-8(2)12(6-14)10(4)9(3)11(7)5-13/h5-6H2,1-4H3. The number of rotatable bonds is 2. The molecular weight excluding hydrogens is 304 g/mol. The molecule has 0 aliphatic heterocycles. The van der Waals surface area contributed by atoms with Crippen LogP contribution < -0.4 is 0 Å². The number of hydrogen-bond donors (Lipinski definition) is 0. The van der Waals surface area contributed by atoms with Crippen LogP contribution >= 0.6 is 31.9 Å². The normalized spacial score (nSPS) is 10.7. The Labute approximate surface area is 103 Å². The van der Waals surface area contributed by atoms with Gasteiger partial charge in [0.05, 0.1) is 0 Å². The van der Waals surface area contributed by atoms with E-state index in [1.165, 1.54) is 33.4 Å². The summed E-state index contributed by atoms with van der Waals surface area (Å²) in [6.45, 7) is 8.85. The van der Waals surface area contributed by atoms with Crippen LogP contribution in [0.4, 0.5) is 0 Å². The molecule has 0 fully saturated rings. The molecule has 0 bridgehead atoms. The molecule has 78 valence electrons. The molecule has 0 atom stereocenters. The summed E-state index contributed by atoms with van der Waals surface area (Å²) in [5.74, 6) is 0. The molecule has 0 unspecified atom stereocenters. The van der Waals surface area contributed by atoms with Gasteiger partial charge >= 0.3 is 0 Å². The number of benzene rings is 1. The average Bonchev–Trinajstić information content (AvgIpc) is 2.17. The van der Waals surface area contributed by atoms with Gasteiger partial charge in [0.1, 0.15) is 0 Å². The molecule has 0 aromatic heterocycles. The fraction of sp³-hybridized carbons (Fsp3) is 0.500. The summed E-state index contributed by atoms with van der Waals surface area (Å²) in [6, 6.07) is 0. The Kier molecular flexibility index (Phi) is 4.20. The quantitative estimate of drug-likeness (QED) is 0.692. The first-order chi connectivity index (χ1) is 6.54. The smallest absolute Gasteiger partial charge is 0.0288 e. The van der Waals surface area contributed by atoms with Crippen molar-refractivity contribution in [2.75, 3.05) is 0 Å². The Bertz CT molecular complexity index is 290. The highest BCUT2D eigenvalue weighted by molar-refractivity contribution is 9.08. The fourth-order valence-electron chi connectivity index (χ4n) is 1.87. The maximum Gasteiger partial charge on any atom is 0.0288 e. The Hall–Kier alpha value is 0.180. The van der Waals surface area contributed by atoms with E-state index in [4.69, 9.17) is 0 Å². The Morgan fingerprint density at radius 1 is 0.643 bits per heavy atom. The third-order valence-corrected chi connectivity index (χ3v) is 4.32. The van der Waals surface area contributed by atoms with Gasteiger partial charge in [-0.1, -0.05) is 31.9 Å². The van der Waals surface area contributed by atoms with Crippen molar-refractivity contribution in [1.82, 2.24) is 0 Å². The topological polar surface area (TPSA) is 0 Å². The van der Waals surface area contributed by atoms with E-state index in [-0.39, 0.29) is 0 Å². The third-order valence-electron chi connectivity index (χ3n) is 3.20. The van der Waals surface area contributed by atoms with E-state index in [0.717, 1.165) is 10.7 Å². The van der Waals surface area contributed by atoms with E-state index in [2.05, 4.69) is 59.6 Å². The highest BCUT2D eigenvalue weighted by Crippen LogP contribution is 2.29. The number of hydrogen-bond acceptors (Lipinski definition) is 0. The van der Waals surface area contributed by atoms with Crippen molar-refractivity contribution in [3.05, 3.63) is 33.4 Å². The molecule has 0 N–H and O–H groups in total. The minimum absolute atomic E-state index is 0.953. The van der Waals surface area contributed by atoms with Gasteiger partial charge in [0.15, 0.2) is 0 Å². The van der Waals surface area contributed by atoms with Crippen molar-refractivity contribution in [1.29, 1.82) is 0 Å². The molecular formula is C12H16Br2. The maximum atomic E-state index is 3.56. The van der Waals surface area contributed by atoms with Crippen LogP contribution in [0.3, 0.4) is 0 Å². The van der Waals surface area contributed by atoms with Crippen molar-refractivity contribution in [2.45, 2.75) is 38.4 Å². The lowest BCUT2D eigenvalue weighted by atomic mass is 9.90. The van der Waals surface area contributed by atoms with Crippen LogP contribution in [0.2, 0.25) is 0 Å². The summed E-state index contributed by atoms with van der Waals surface area (Å²) in [5.41, 5.74) is 8.62. The van der Waals surface area contributed by atoms with Crippen LogP contribution in [0.25, 0.3) is 0 Å². The van der Waals surface area contributed by atoms with Gasteiger partial charge in [0, 0.05) is 10.7 Å². The molecule has 0 heterocycles. The van der Waals surface area contributed by atoms with Gasteiger partial charge in [-0.25, -0.2) is 0 Å². The largest absolute Gasteiger partial charge is 0.0876 e. The van der Waals surface area contributed by atoms with Crippen LogP contribution in [0.1, 0.15) is 33.4 Å². The molecule has 0 spiro atoms. The maximum absolute atomic E-state index is 3.56. The lowest BCUT2D eigenvalue weighted by Crippen LogP contribution is -2.02.